The van der Waals surface area contributed by atoms with Crippen molar-refractivity contribution < 1.29 is 14.1 Å². The van der Waals surface area contributed by atoms with E-state index in [-0.39, 0.29) is 17.7 Å². The summed E-state index contributed by atoms with van der Waals surface area (Å²) in [6.07, 6.45) is 2.73. The fourth-order valence-corrected chi connectivity index (χ4v) is 4.74. The van der Waals surface area contributed by atoms with Crippen molar-refractivity contribution in [1.29, 1.82) is 0 Å². The number of amides is 2. The largest absolute Gasteiger partial charge is 0.364 e. The average Bonchev–Trinajstić information content (AvgIpc) is 3.34. The van der Waals surface area contributed by atoms with Crippen LogP contribution < -0.4 is 5.32 Å². The zero-order valence-electron chi connectivity index (χ0n) is 17.4. The molecule has 0 aliphatic carbocycles. The van der Waals surface area contributed by atoms with E-state index in [2.05, 4.69) is 10.5 Å². The number of halogens is 2. The molecule has 166 valence electrons. The molecule has 1 atom stereocenters. The lowest BCUT2D eigenvalue weighted by molar-refractivity contribution is -0.125. The molecule has 0 bridgehead atoms. The third-order valence-electron chi connectivity index (χ3n) is 6.00. The van der Waals surface area contributed by atoms with E-state index in [0.29, 0.717) is 60.3 Å². The molecule has 4 heterocycles. The fraction of sp³-hybridized carbons (Fsp3) is 0.364. The second-order valence-corrected chi connectivity index (χ2v) is 8.86. The number of hydrogen-bond donors (Lipinski definition) is 1. The van der Waals surface area contributed by atoms with E-state index in [1.54, 1.807) is 29.4 Å². The minimum Gasteiger partial charge on any atom is -0.364 e. The molecular weight excluding hydrogens is 453 g/mol. The Kier molecular flexibility index (Phi) is 5.43. The number of nitrogens with one attached hydrogen (secondary N) is 1. The maximum absolute atomic E-state index is 13.1. The molecule has 1 unspecified atom stereocenters. The lowest BCUT2D eigenvalue weighted by atomic mass is 9.98. The highest BCUT2D eigenvalue weighted by molar-refractivity contribution is 6.42. The Hall–Kier alpha value is -2.84. The SMILES string of the molecule is CCNC(=O)C1Cc2conc2-c2c3c(nn2C1)CCN(C(=O)c1ccc(Cl)c(Cl)c1)C3. The molecule has 0 saturated heterocycles. The number of carbonyl (C=O) groups is 2. The van der Waals surface area contributed by atoms with E-state index in [4.69, 9.17) is 32.8 Å². The van der Waals surface area contributed by atoms with Gasteiger partial charge in [-0.3, -0.25) is 14.3 Å². The van der Waals surface area contributed by atoms with Gasteiger partial charge in [0, 0.05) is 36.2 Å². The quantitative estimate of drug-likeness (QED) is 0.629. The summed E-state index contributed by atoms with van der Waals surface area (Å²) < 4.78 is 7.12. The summed E-state index contributed by atoms with van der Waals surface area (Å²) in [5, 5.41) is 12.7. The standard InChI is InChI=1S/C22H21Cl2N5O3/c1-2-25-21(30)13-7-14-11-32-27-19(14)20-15-10-28(6-5-18(15)26-29(20)9-13)22(31)12-3-4-16(23)17(24)8-12/h3-4,8,11,13H,2,5-7,9-10H2,1H3,(H,25,30). The van der Waals surface area contributed by atoms with Crippen molar-refractivity contribution in [1.82, 2.24) is 25.2 Å². The number of aromatic nitrogens is 3. The Bertz CT molecular complexity index is 1220. The Balaban J connectivity index is 1.49. The van der Waals surface area contributed by atoms with E-state index in [1.807, 2.05) is 11.6 Å². The molecule has 32 heavy (non-hydrogen) atoms. The normalized spacial score (nSPS) is 17.2. The van der Waals surface area contributed by atoms with E-state index in [1.165, 1.54) is 0 Å². The molecule has 10 heteroatoms. The van der Waals surface area contributed by atoms with Gasteiger partial charge in [-0.25, -0.2) is 0 Å². The first-order valence-electron chi connectivity index (χ1n) is 10.5. The molecular formula is C22H21Cl2N5O3. The molecule has 0 spiro atoms. The van der Waals surface area contributed by atoms with Gasteiger partial charge in [0.25, 0.3) is 5.91 Å². The molecule has 1 N–H and O–H groups in total. The van der Waals surface area contributed by atoms with Gasteiger partial charge in [0.2, 0.25) is 5.91 Å². The lowest BCUT2D eigenvalue weighted by Crippen LogP contribution is -2.36. The van der Waals surface area contributed by atoms with E-state index < -0.39 is 0 Å². The summed E-state index contributed by atoms with van der Waals surface area (Å²) in [6, 6.07) is 4.89. The number of fused-ring (bicyclic) bond motifs is 5. The minimum absolute atomic E-state index is 0.0163. The van der Waals surface area contributed by atoms with Crippen molar-refractivity contribution in [2.75, 3.05) is 13.1 Å². The van der Waals surface area contributed by atoms with Crippen LogP contribution >= 0.6 is 23.2 Å². The highest BCUT2D eigenvalue weighted by atomic mass is 35.5. The maximum Gasteiger partial charge on any atom is 0.254 e. The van der Waals surface area contributed by atoms with E-state index >= 15 is 0 Å². The van der Waals surface area contributed by atoms with Gasteiger partial charge in [-0.05, 0) is 31.5 Å². The van der Waals surface area contributed by atoms with Crippen LogP contribution in [0.5, 0.6) is 0 Å². The highest BCUT2D eigenvalue weighted by Gasteiger charge is 2.35. The van der Waals surface area contributed by atoms with Crippen LogP contribution in [0.3, 0.4) is 0 Å². The number of carbonyl (C=O) groups excluding carboxylic acids is 2. The van der Waals surface area contributed by atoms with Gasteiger partial charge in [0.1, 0.15) is 12.0 Å². The van der Waals surface area contributed by atoms with Crippen molar-refractivity contribution in [3.05, 3.63) is 56.9 Å². The van der Waals surface area contributed by atoms with Crippen molar-refractivity contribution in [3.63, 3.8) is 0 Å². The molecule has 3 aromatic rings. The summed E-state index contributed by atoms with van der Waals surface area (Å²) in [4.78, 5) is 27.5. The summed E-state index contributed by atoms with van der Waals surface area (Å²) in [5.41, 5.74) is 4.73. The Morgan fingerprint density at radius 1 is 1.28 bits per heavy atom. The molecule has 0 saturated carbocycles. The van der Waals surface area contributed by atoms with Gasteiger partial charge in [-0.2, -0.15) is 5.10 Å². The maximum atomic E-state index is 13.1. The summed E-state index contributed by atoms with van der Waals surface area (Å²) in [6.45, 7) is 3.85. The van der Waals surface area contributed by atoms with Gasteiger partial charge in [0.05, 0.1) is 40.4 Å². The van der Waals surface area contributed by atoms with Crippen LogP contribution in [0.4, 0.5) is 0 Å². The monoisotopic (exact) mass is 473 g/mol. The van der Waals surface area contributed by atoms with Crippen molar-refractivity contribution in [2.24, 2.45) is 5.92 Å². The highest BCUT2D eigenvalue weighted by Crippen LogP contribution is 2.36. The molecule has 0 radical (unpaired) electrons. The summed E-state index contributed by atoms with van der Waals surface area (Å²) in [5.74, 6) is -0.412. The van der Waals surface area contributed by atoms with Gasteiger partial charge in [0.15, 0.2) is 0 Å². The van der Waals surface area contributed by atoms with Crippen LogP contribution in [0, 0.1) is 5.92 Å². The van der Waals surface area contributed by atoms with Crippen LogP contribution in [0.25, 0.3) is 11.4 Å². The number of rotatable bonds is 3. The van der Waals surface area contributed by atoms with Crippen LogP contribution in [0.2, 0.25) is 10.0 Å². The van der Waals surface area contributed by atoms with Gasteiger partial charge in [-0.15, -0.1) is 0 Å². The third-order valence-corrected chi connectivity index (χ3v) is 6.74. The first-order valence-corrected chi connectivity index (χ1v) is 11.3. The first kappa shape index (κ1) is 21.0. The zero-order chi connectivity index (χ0) is 22.4. The molecule has 5 rings (SSSR count). The number of nitrogens with zero attached hydrogens (tertiary/aromatic N) is 4. The summed E-state index contributed by atoms with van der Waals surface area (Å²) in [7, 11) is 0. The molecule has 8 nitrogen and oxygen atoms in total. The van der Waals surface area contributed by atoms with Crippen LogP contribution in [0.15, 0.2) is 29.0 Å². The topological polar surface area (TPSA) is 93.3 Å². The first-order chi connectivity index (χ1) is 15.5. The van der Waals surface area contributed by atoms with Crippen molar-refractivity contribution in [3.8, 4) is 11.4 Å². The van der Waals surface area contributed by atoms with Gasteiger partial charge >= 0.3 is 0 Å². The van der Waals surface area contributed by atoms with Crippen molar-refractivity contribution >= 4 is 35.0 Å². The van der Waals surface area contributed by atoms with Gasteiger partial charge in [-0.1, -0.05) is 28.4 Å². The zero-order valence-corrected chi connectivity index (χ0v) is 18.9. The number of benzene rings is 1. The molecule has 0 fully saturated rings. The molecule has 2 amide bonds. The predicted octanol–water partition coefficient (Wildman–Crippen LogP) is 3.35. The molecule has 2 aliphatic heterocycles. The molecule has 2 aromatic heterocycles. The Morgan fingerprint density at radius 3 is 2.91 bits per heavy atom. The second kappa shape index (κ2) is 8.26. The smallest absolute Gasteiger partial charge is 0.254 e. The number of hydrogen-bond acceptors (Lipinski definition) is 5. The van der Waals surface area contributed by atoms with Crippen LogP contribution in [0.1, 0.15) is 34.1 Å². The minimum atomic E-state index is -0.273. The second-order valence-electron chi connectivity index (χ2n) is 8.05. The summed E-state index contributed by atoms with van der Waals surface area (Å²) >= 11 is 12.1. The van der Waals surface area contributed by atoms with Gasteiger partial charge < -0.3 is 14.7 Å². The van der Waals surface area contributed by atoms with E-state index in [0.717, 1.165) is 22.5 Å². The lowest BCUT2D eigenvalue weighted by Gasteiger charge is -2.27. The Labute approximate surface area is 194 Å². The molecule has 2 aliphatic rings. The van der Waals surface area contributed by atoms with E-state index in [9.17, 15) is 9.59 Å². The van der Waals surface area contributed by atoms with Crippen molar-refractivity contribution in [2.45, 2.75) is 32.9 Å². The predicted molar refractivity (Wildman–Crippen MR) is 119 cm³/mol. The average molecular weight is 474 g/mol. The molecule has 1 aromatic carbocycles. The Morgan fingerprint density at radius 2 is 2.12 bits per heavy atom. The fourth-order valence-electron chi connectivity index (χ4n) is 4.44. The van der Waals surface area contributed by atoms with Crippen LogP contribution in [-0.2, 0) is 30.7 Å². The van der Waals surface area contributed by atoms with Crippen LogP contribution in [-0.4, -0.2) is 44.7 Å². The third kappa shape index (κ3) is 3.57.